The average Bonchev–Trinajstić information content (AvgIpc) is 3.44. The number of alkyl halides is 2. The zero-order valence-electron chi connectivity index (χ0n) is 16.8. The van der Waals surface area contributed by atoms with Crippen LogP contribution in [0.3, 0.4) is 0 Å². The molecule has 1 N–H and O–H groups in total. The van der Waals surface area contributed by atoms with Crippen molar-refractivity contribution in [1.82, 2.24) is 19.8 Å². The molecule has 2 aromatic carbocycles. The Balaban J connectivity index is 1.31. The van der Waals surface area contributed by atoms with Gasteiger partial charge < -0.3 is 10.2 Å². The predicted octanol–water partition coefficient (Wildman–Crippen LogP) is 4.08. The van der Waals surface area contributed by atoms with Gasteiger partial charge in [0.05, 0.1) is 16.8 Å². The van der Waals surface area contributed by atoms with E-state index in [9.17, 15) is 18.4 Å². The molecule has 0 radical (unpaired) electrons. The van der Waals surface area contributed by atoms with Crippen molar-refractivity contribution in [3.8, 4) is 0 Å². The third kappa shape index (κ3) is 4.87. The summed E-state index contributed by atoms with van der Waals surface area (Å²) >= 11 is 0.974. The van der Waals surface area contributed by atoms with Gasteiger partial charge >= 0.3 is 6.55 Å². The van der Waals surface area contributed by atoms with Crippen molar-refractivity contribution < 1.29 is 18.4 Å². The highest BCUT2D eigenvalue weighted by Crippen LogP contribution is 2.29. The van der Waals surface area contributed by atoms with Crippen LogP contribution in [-0.4, -0.2) is 45.1 Å². The fourth-order valence-corrected chi connectivity index (χ4v) is 4.40. The third-order valence-corrected chi connectivity index (χ3v) is 6.13. The summed E-state index contributed by atoms with van der Waals surface area (Å²) in [5, 5.41) is 2.88. The lowest BCUT2D eigenvalue weighted by Gasteiger charge is -2.15. The lowest BCUT2D eigenvalue weighted by molar-refractivity contribution is -0.118. The van der Waals surface area contributed by atoms with E-state index in [1.165, 1.54) is 0 Å². The van der Waals surface area contributed by atoms with Crippen molar-refractivity contribution in [2.24, 2.45) is 0 Å². The highest BCUT2D eigenvalue weighted by atomic mass is 32.2. The molecular weight excluding hydrogens is 422 g/mol. The first-order valence-electron chi connectivity index (χ1n) is 10.1. The minimum absolute atomic E-state index is 0.0262. The van der Waals surface area contributed by atoms with E-state index in [0.29, 0.717) is 23.1 Å². The maximum Gasteiger partial charge on any atom is 0.321 e. The van der Waals surface area contributed by atoms with Crippen molar-refractivity contribution in [3.05, 3.63) is 59.7 Å². The van der Waals surface area contributed by atoms with Crippen LogP contribution in [0.4, 0.5) is 8.78 Å². The molecule has 2 amide bonds. The fraction of sp³-hybridized carbons (Fsp3) is 0.318. The van der Waals surface area contributed by atoms with E-state index in [1.807, 2.05) is 17.0 Å². The number of hydrogen-bond donors (Lipinski definition) is 1. The fourth-order valence-electron chi connectivity index (χ4n) is 3.56. The highest BCUT2D eigenvalue weighted by Gasteiger charge is 2.20. The minimum Gasteiger partial charge on any atom is -0.351 e. The Hall–Kier alpha value is -2.94. The Kier molecular flexibility index (Phi) is 6.50. The number of aromatic nitrogens is 2. The molecule has 0 unspecified atom stereocenters. The first-order valence-corrected chi connectivity index (χ1v) is 11.0. The maximum absolute atomic E-state index is 13.5. The number of carbonyl (C=O) groups excluding carboxylic acids is 2. The average molecular weight is 445 g/mol. The molecule has 3 aromatic rings. The standard InChI is InChI=1S/C22H22F2N4O2S/c23-21(24)28-18-6-2-1-5-17(18)26-22(28)31-14-19(29)25-13-15-7-9-16(10-8-15)20(30)27-11-3-4-12-27/h1-2,5-10,21H,3-4,11-14H2,(H,25,29). The van der Waals surface area contributed by atoms with Gasteiger partial charge in [-0.3, -0.25) is 14.2 Å². The second-order valence-corrected chi connectivity index (χ2v) is 8.23. The summed E-state index contributed by atoms with van der Waals surface area (Å²) in [5.74, 6) is -0.275. The molecule has 0 bridgehead atoms. The number of hydrogen-bond acceptors (Lipinski definition) is 4. The molecule has 1 aliphatic rings. The lowest BCUT2D eigenvalue weighted by atomic mass is 10.1. The number of para-hydroxylation sites is 2. The number of benzene rings is 2. The van der Waals surface area contributed by atoms with Gasteiger partial charge in [-0.1, -0.05) is 36.0 Å². The molecule has 9 heteroatoms. The SMILES string of the molecule is O=C(CSc1nc2ccccc2n1C(F)F)NCc1ccc(C(=O)N2CCCC2)cc1. The Labute approximate surface area is 182 Å². The van der Waals surface area contributed by atoms with Crippen molar-refractivity contribution in [3.63, 3.8) is 0 Å². The van der Waals surface area contributed by atoms with Crippen LogP contribution in [-0.2, 0) is 11.3 Å². The van der Waals surface area contributed by atoms with E-state index < -0.39 is 6.55 Å². The number of nitrogens with zero attached hydrogens (tertiary/aromatic N) is 3. The molecule has 1 aromatic heterocycles. The van der Waals surface area contributed by atoms with Gasteiger partial charge in [-0.15, -0.1) is 0 Å². The van der Waals surface area contributed by atoms with Gasteiger partial charge in [-0.25, -0.2) is 4.98 Å². The third-order valence-electron chi connectivity index (χ3n) is 5.17. The zero-order chi connectivity index (χ0) is 21.8. The number of halogens is 2. The van der Waals surface area contributed by atoms with Crippen LogP contribution >= 0.6 is 11.8 Å². The summed E-state index contributed by atoms with van der Waals surface area (Å²) in [6.07, 6.45) is 2.09. The van der Waals surface area contributed by atoms with Crippen molar-refractivity contribution in [2.45, 2.75) is 31.1 Å². The molecule has 0 spiro atoms. The Morgan fingerprint density at radius 1 is 1.06 bits per heavy atom. The molecule has 2 heterocycles. The van der Waals surface area contributed by atoms with Gasteiger partial charge in [-0.2, -0.15) is 8.78 Å². The molecule has 0 atom stereocenters. The van der Waals surface area contributed by atoms with Crippen LogP contribution in [0.25, 0.3) is 11.0 Å². The first-order chi connectivity index (χ1) is 15.0. The summed E-state index contributed by atoms with van der Waals surface area (Å²) in [5.41, 5.74) is 2.30. The van der Waals surface area contributed by atoms with Crippen molar-refractivity contribution in [1.29, 1.82) is 0 Å². The van der Waals surface area contributed by atoms with Gasteiger partial charge in [0.25, 0.3) is 5.91 Å². The van der Waals surface area contributed by atoms with Gasteiger partial charge in [0.15, 0.2) is 5.16 Å². The van der Waals surface area contributed by atoms with Gasteiger partial charge in [-0.05, 0) is 42.7 Å². The molecular formula is C22H22F2N4O2S. The number of imidazole rings is 1. The Bertz CT molecular complexity index is 1080. The highest BCUT2D eigenvalue weighted by molar-refractivity contribution is 7.99. The van der Waals surface area contributed by atoms with E-state index in [0.717, 1.165) is 47.8 Å². The van der Waals surface area contributed by atoms with Crippen LogP contribution in [0.2, 0.25) is 0 Å². The predicted molar refractivity (Wildman–Crippen MR) is 115 cm³/mol. The molecule has 0 saturated carbocycles. The summed E-state index contributed by atoms with van der Waals surface area (Å²) < 4.78 is 27.7. The lowest BCUT2D eigenvalue weighted by Crippen LogP contribution is -2.27. The normalized spacial score (nSPS) is 13.8. The quantitative estimate of drug-likeness (QED) is 0.558. The van der Waals surface area contributed by atoms with E-state index >= 15 is 0 Å². The van der Waals surface area contributed by atoms with Crippen molar-refractivity contribution in [2.75, 3.05) is 18.8 Å². The summed E-state index contributed by atoms with van der Waals surface area (Å²) in [6.45, 7) is -0.843. The van der Waals surface area contributed by atoms with Crippen LogP contribution in [0, 0.1) is 0 Å². The minimum atomic E-state index is -2.74. The number of nitrogens with one attached hydrogen (secondary N) is 1. The van der Waals surface area contributed by atoms with Crippen molar-refractivity contribution >= 4 is 34.6 Å². The topological polar surface area (TPSA) is 67.2 Å². The largest absolute Gasteiger partial charge is 0.351 e. The molecule has 31 heavy (non-hydrogen) atoms. The first kappa shape index (κ1) is 21.3. The number of likely N-dealkylation sites (tertiary alicyclic amines) is 1. The van der Waals surface area contributed by atoms with E-state index in [2.05, 4.69) is 10.3 Å². The van der Waals surface area contributed by atoms with Crippen LogP contribution in [0.15, 0.2) is 53.7 Å². The smallest absolute Gasteiger partial charge is 0.321 e. The van der Waals surface area contributed by atoms with Crippen LogP contribution < -0.4 is 5.32 Å². The van der Waals surface area contributed by atoms with Gasteiger partial charge in [0.2, 0.25) is 5.91 Å². The molecule has 1 aliphatic heterocycles. The number of carbonyl (C=O) groups is 2. The number of rotatable bonds is 7. The molecule has 162 valence electrons. The second kappa shape index (κ2) is 9.47. The molecule has 1 saturated heterocycles. The Morgan fingerprint density at radius 2 is 1.77 bits per heavy atom. The summed E-state index contributed by atoms with van der Waals surface area (Å²) in [4.78, 5) is 30.7. The zero-order valence-corrected chi connectivity index (χ0v) is 17.6. The Morgan fingerprint density at radius 3 is 2.48 bits per heavy atom. The summed E-state index contributed by atoms with van der Waals surface area (Å²) in [7, 11) is 0. The molecule has 0 aliphatic carbocycles. The van der Waals surface area contributed by atoms with E-state index in [-0.39, 0.29) is 22.7 Å². The number of amides is 2. The second-order valence-electron chi connectivity index (χ2n) is 7.29. The van der Waals surface area contributed by atoms with E-state index in [4.69, 9.17) is 0 Å². The van der Waals surface area contributed by atoms with E-state index in [1.54, 1.807) is 36.4 Å². The summed E-state index contributed by atoms with van der Waals surface area (Å²) in [6, 6.07) is 13.8. The number of thioether (sulfide) groups is 1. The van der Waals surface area contributed by atoms with Crippen LogP contribution in [0.5, 0.6) is 0 Å². The monoisotopic (exact) mass is 444 g/mol. The van der Waals surface area contributed by atoms with Gasteiger partial charge in [0.1, 0.15) is 0 Å². The van der Waals surface area contributed by atoms with Crippen LogP contribution in [0.1, 0.15) is 35.3 Å². The number of fused-ring (bicyclic) bond motifs is 1. The molecule has 4 rings (SSSR count). The van der Waals surface area contributed by atoms with Gasteiger partial charge in [0, 0.05) is 25.2 Å². The molecule has 6 nitrogen and oxygen atoms in total. The molecule has 1 fully saturated rings. The maximum atomic E-state index is 13.5.